The maximum atomic E-state index is 14.3. The van der Waals surface area contributed by atoms with Gasteiger partial charge in [0.25, 0.3) is 5.91 Å². The first-order valence-corrected chi connectivity index (χ1v) is 14.1. The van der Waals surface area contributed by atoms with E-state index in [1.807, 2.05) is 0 Å². The fraction of sp³-hybridized carbons (Fsp3) is 0.407. The van der Waals surface area contributed by atoms with Gasteiger partial charge in [-0.05, 0) is 56.0 Å². The summed E-state index contributed by atoms with van der Waals surface area (Å²) in [5.41, 5.74) is 1.23. The van der Waals surface area contributed by atoms with E-state index in [1.165, 1.54) is 24.4 Å². The van der Waals surface area contributed by atoms with E-state index < -0.39 is 21.4 Å². The highest BCUT2D eigenvalue weighted by Gasteiger charge is 2.35. The van der Waals surface area contributed by atoms with Gasteiger partial charge in [-0.3, -0.25) is 4.79 Å². The lowest BCUT2D eigenvalue weighted by molar-refractivity contribution is 0.0718. The first kappa shape index (κ1) is 25.4. The van der Waals surface area contributed by atoms with Gasteiger partial charge in [0.05, 0.1) is 43.9 Å². The highest BCUT2D eigenvalue weighted by molar-refractivity contribution is 7.90. The van der Waals surface area contributed by atoms with Crippen molar-refractivity contribution < 1.29 is 27.1 Å². The third-order valence-corrected chi connectivity index (χ3v) is 8.38. The zero-order valence-electron chi connectivity index (χ0n) is 20.7. The Morgan fingerprint density at radius 1 is 1.16 bits per heavy atom. The molecule has 1 aliphatic heterocycles. The number of methoxy groups -OCH3 is 1. The number of amides is 1. The second kappa shape index (κ2) is 10.6. The minimum Gasteiger partial charge on any atom is -0.497 e. The van der Waals surface area contributed by atoms with Crippen LogP contribution in [0.25, 0.3) is 0 Å². The maximum Gasteiger partial charge on any atom is 0.254 e. The van der Waals surface area contributed by atoms with Crippen molar-refractivity contribution in [2.75, 3.05) is 13.7 Å². The number of hydrogen-bond donors (Lipinski definition) is 0. The average molecular weight is 528 g/mol. The first-order valence-electron chi connectivity index (χ1n) is 12.4. The number of imidazole rings is 1. The molecule has 1 saturated carbocycles. The molecule has 2 fully saturated rings. The van der Waals surface area contributed by atoms with Gasteiger partial charge in [0.15, 0.2) is 0 Å². The Hall–Kier alpha value is -3.24. The van der Waals surface area contributed by atoms with E-state index >= 15 is 0 Å². The number of aromatic nitrogens is 2. The summed E-state index contributed by atoms with van der Waals surface area (Å²) in [5.74, 6) is -0.549. The van der Waals surface area contributed by atoms with E-state index in [0.717, 1.165) is 25.7 Å². The summed E-state index contributed by atoms with van der Waals surface area (Å²) in [4.78, 5) is 19.5. The van der Waals surface area contributed by atoms with Crippen molar-refractivity contribution in [2.24, 2.45) is 0 Å². The Kier molecular flexibility index (Phi) is 7.30. The van der Waals surface area contributed by atoms with E-state index in [9.17, 15) is 17.6 Å². The van der Waals surface area contributed by atoms with E-state index in [4.69, 9.17) is 9.47 Å². The fourth-order valence-electron chi connectivity index (χ4n) is 4.67. The Balaban J connectivity index is 1.46. The number of ether oxygens (including phenoxy) is 2. The molecule has 0 spiro atoms. The molecule has 0 bridgehead atoms. The SMILES string of the molecule is COc1ccc(C(=O)N(Cc2cnc(S(=O)(=O)Cc3ccccc3F)n2C[C@H]2CCCO2)C2CC2)cc1. The fourth-order valence-corrected chi connectivity index (χ4v) is 6.18. The summed E-state index contributed by atoms with van der Waals surface area (Å²) >= 11 is 0. The van der Waals surface area contributed by atoms with Crippen LogP contribution < -0.4 is 4.74 Å². The molecule has 10 heteroatoms. The molecule has 0 radical (unpaired) electrons. The van der Waals surface area contributed by atoms with Crippen LogP contribution in [0.1, 0.15) is 47.3 Å². The zero-order chi connectivity index (χ0) is 26.0. The van der Waals surface area contributed by atoms with Crippen molar-refractivity contribution in [1.29, 1.82) is 0 Å². The van der Waals surface area contributed by atoms with Crippen molar-refractivity contribution in [3.05, 3.63) is 77.4 Å². The van der Waals surface area contributed by atoms with Crippen LogP contribution in [0.3, 0.4) is 0 Å². The number of carbonyl (C=O) groups is 1. The Bertz CT molecular complexity index is 1360. The molecule has 5 rings (SSSR count). The van der Waals surface area contributed by atoms with Gasteiger partial charge in [-0.25, -0.2) is 17.8 Å². The summed E-state index contributed by atoms with van der Waals surface area (Å²) < 4.78 is 53.8. The number of hydrogen-bond acceptors (Lipinski definition) is 6. The summed E-state index contributed by atoms with van der Waals surface area (Å²) in [6, 6.07) is 12.9. The molecule has 1 aromatic heterocycles. The van der Waals surface area contributed by atoms with E-state index in [2.05, 4.69) is 4.98 Å². The molecule has 37 heavy (non-hydrogen) atoms. The summed E-state index contributed by atoms with van der Waals surface area (Å²) in [6.07, 6.45) is 4.85. The van der Waals surface area contributed by atoms with Crippen molar-refractivity contribution in [2.45, 2.75) is 61.8 Å². The molecule has 3 aromatic rings. The van der Waals surface area contributed by atoms with Gasteiger partial charge in [-0.15, -0.1) is 0 Å². The highest BCUT2D eigenvalue weighted by atomic mass is 32.2. The van der Waals surface area contributed by atoms with E-state index in [-0.39, 0.29) is 35.3 Å². The van der Waals surface area contributed by atoms with E-state index in [0.29, 0.717) is 30.2 Å². The molecule has 0 unspecified atom stereocenters. The van der Waals surface area contributed by atoms with E-state index in [1.54, 1.807) is 46.9 Å². The molecule has 2 heterocycles. The molecule has 0 N–H and O–H groups in total. The summed E-state index contributed by atoms with van der Waals surface area (Å²) in [6.45, 7) is 1.14. The number of halogens is 1. The van der Waals surface area contributed by atoms with Crippen LogP contribution in [-0.4, -0.2) is 54.6 Å². The molecular formula is C27H30FN3O5S. The second-order valence-electron chi connectivity index (χ2n) is 9.52. The maximum absolute atomic E-state index is 14.3. The molecule has 1 amide bonds. The van der Waals surface area contributed by atoms with Gasteiger partial charge < -0.3 is 18.9 Å². The number of carbonyl (C=O) groups excluding carboxylic acids is 1. The zero-order valence-corrected chi connectivity index (χ0v) is 21.5. The molecule has 2 aromatic carbocycles. The summed E-state index contributed by atoms with van der Waals surface area (Å²) in [5, 5.41) is -0.131. The second-order valence-corrected chi connectivity index (χ2v) is 11.4. The van der Waals surface area contributed by atoms with Crippen LogP contribution in [0.15, 0.2) is 59.9 Å². The van der Waals surface area contributed by atoms with Crippen molar-refractivity contribution in [3.8, 4) is 5.75 Å². The monoisotopic (exact) mass is 527 g/mol. The number of rotatable bonds is 10. The lowest BCUT2D eigenvalue weighted by Crippen LogP contribution is -2.34. The lowest BCUT2D eigenvalue weighted by atomic mass is 10.2. The van der Waals surface area contributed by atoms with Crippen LogP contribution in [0.4, 0.5) is 4.39 Å². The molecular weight excluding hydrogens is 497 g/mol. The minimum atomic E-state index is -3.97. The van der Waals surface area contributed by atoms with Gasteiger partial charge in [0, 0.05) is 23.8 Å². The van der Waals surface area contributed by atoms with Gasteiger partial charge in [-0.2, -0.15) is 0 Å². The smallest absolute Gasteiger partial charge is 0.254 e. The molecule has 1 aliphatic carbocycles. The number of benzene rings is 2. The van der Waals surface area contributed by atoms with Crippen LogP contribution in [0.2, 0.25) is 0 Å². The Morgan fingerprint density at radius 2 is 1.92 bits per heavy atom. The Morgan fingerprint density at radius 3 is 2.57 bits per heavy atom. The van der Waals surface area contributed by atoms with Crippen LogP contribution in [0.5, 0.6) is 5.75 Å². The number of nitrogens with zero attached hydrogens (tertiary/aromatic N) is 3. The normalized spacial score (nSPS) is 17.6. The van der Waals surface area contributed by atoms with Crippen LogP contribution >= 0.6 is 0 Å². The van der Waals surface area contributed by atoms with Crippen LogP contribution in [-0.2, 0) is 33.4 Å². The first-order chi connectivity index (χ1) is 17.9. The third kappa shape index (κ3) is 5.70. The quantitative estimate of drug-likeness (QED) is 0.396. The van der Waals surface area contributed by atoms with Crippen molar-refractivity contribution in [1.82, 2.24) is 14.5 Å². The van der Waals surface area contributed by atoms with Gasteiger partial charge >= 0.3 is 0 Å². The minimum absolute atomic E-state index is 0.0825. The topological polar surface area (TPSA) is 90.7 Å². The summed E-state index contributed by atoms with van der Waals surface area (Å²) in [7, 11) is -2.40. The highest BCUT2D eigenvalue weighted by Crippen LogP contribution is 2.31. The largest absolute Gasteiger partial charge is 0.497 e. The third-order valence-electron chi connectivity index (χ3n) is 6.81. The van der Waals surface area contributed by atoms with Gasteiger partial charge in [0.1, 0.15) is 11.6 Å². The molecule has 1 atom stereocenters. The molecule has 196 valence electrons. The molecule has 1 saturated heterocycles. The Labute approximate surface area is 215 Å². The lowest BCUT2D eigenvalue weighted by Gasteiger charge is -2.24. The van der Waals surface area contributed by atoms with Gasteiger partial charge in [-0.1, -0.05) is 18.2 Å². The average Bonchev–Trinajstić information content (AvgIpc) is 3.45. The predicted molar refractivity (Wildman–Crippen MR) is 134 cm³/mol. The van der Waals surface area contributed by atoms with Crippen LogP contribution in [0, 0.1) is 5.82 Å². The van der Waals surface area contributed by atoms with Crippen molar-refractivity contribution in [3.63, 3.8) is 0 Å². The predicted octanol–water partition coefficient (Wildman–Crippen LogP) is 3.99. The van der Waals surface area contributed by atoms with Gasteiger partial charge in [0.2, 0.25) is 15.0 Å². The standard InChI is InChI=1S/C27H30FN3O5S/c1-35-23-12-8-19(9-13-23)26(32)30(21-10-11-21)16-22-15-29-27(31(22)17-24-6-4-14-36-24)37(33,34)18-20-5-2-3-7-25(20)28/h2-3,5,7-9,12-13,15,21,24H,4,6,10-11,14,16-18H2,1H3/t24-/m1/s1. The van der Waals surface area contributed by atoms with Crippen molar-refractivity contribution >= 4 is 15.7 Å². The molecule has 8 nitrogen and oxygen atoms in total. The number of sulfone groups is 1. The molecule has 2 aliphatic rings.